The van der Waals surface area contributed by atoms with E-state index < -0.39 is 24.1 Å². The van der Waals surface area contributed by atoms with Crippen LogP contribution in [0, 0.1) is 13.8 Å². The monoisotopic (exact) mass is 538 g/mol. The van der Waals surface area contributed by atoms with Crippen molar-refractivity contribution < 1.29 is 37.3 Å². The van der Waals surface area contributed by atoms with Crippen LogP contribution in [0.3, 0.4) is 0 Å². The Bertz CT molecular complexity index is 1190. The average Bonchev–Trinajstić information content (AvgIpc) is 3.25. The molecule has 9 nitrogen and oxygen atoms in total. The SMILES string of the molecule is Cc1[nH]c(C[C@H]2C(=O)Nc3ccc(OC(F)(F)F)cc32)c(C)c1C(=O)NCC(O)CN1CC(C)OC(C)C1. The molecule has 1 fully saturated rings. The summed E-state index contributed by atoms with van der Waals surface area (Å²) in [6.07, 6.45) is -5.31. The Morgan fingerprint density at radius 1 is 1.26 bits per heavy atom. The smallest absolute Gasteiger partial charge is 0.406 e. The molecule has 4 atom stereocenters. The third kappa shape index (κ3) is 6.48. The number of aliphatic hydroxyl groups excluding tert-OH is 1. The molecule has 2 aromatic rings. The standard InChI is InChI=1S/C26H33F3N4O5/c1-13-10-33(11-14(2)37-13)12-17(34)9-30-25(36)23-15(3)22(31-16(23)4)8-20-19-7-18(38-26(27,28)29)5-6-21(19)32-24(20)35/h5-7,13-14,17,20,31,34H,8-12H2,1-4H3,(H,30,36)(H,32,35)/t13?,14?,17?,20-/m1/s1. The number of alkyl halides is 3. The van der Waals surface area contributed by atoms with Crippen LogP contribution in [0.25, 0.3) is 0 Å². The van der Waals surface area contributed by atoms with Gasteiger partial charge in [0.25, 0.3) is 5.91 Å². The minimum Gasteiger partial charge on any atom is -0.406 e. The van der Waals surface area contributed by atoms with E-state index >= 15 is 0 Å². The highest BCUT2D eigenvalue weighted by atomic mass is 19.4. The predicted molar refractivity (Wildman–Crippen MR) is 133 cm³/mol. The number of aryl methyl sites for hydroxylation is 1. The number of rotatable bonds is 8. The van der Waals surface area contributed by atoms with E-state index in [9.17, 15) is 27.9 Å². The summed E-state index contributed by atoms with van der Waals surface area (Å²) in [7, 11) is 0. The number of aromatic nitrogens is 1. The Morgan fingerprint density at radius 2 is 1.95 bits per heavy atom. The lowest BCUT2D eigenvalue weighted by Gasteiger charge is -2.36. The number of anilines is 1. The van der Waals surface area contributed by atoms with Crippen LogP contribution in [0.15, 0.2) is 18.2 Å². The Morgan fingerprint density at radius 3 is 2.61 bits per heavy atom. The van der Waals surface area contributed by atoms with E-state index in [1.54, 1.807) is 13.8 Å². The van der Waals surface area contributed by atoms with Crippen molar-refractivity contribution >= 4 is 17.5 Å². The molecule has 2 amide bonds. The van der Waals surface area contributed by atoms with E-state index in [0.717, 1.165) is 6.07 Å². The number of H-pyrrole nitrogens is 1. The molecule has 0 spiro atoms. The molecular formula is C26H33F3N4O5. The molecule has 4 N–H and O–H groups in total. The van der Waals surface area contributed by atoms with Gasteiger partial charge in [0.05, 0.1) is 29.8 Å². The zero-order chi connectivity index (χ0) is 27.8. The maximum absolute atomic E-state index is 13.0. The Labute approximate surface area is 218 Å². The number of amides is 2. The fraction of sp³-hybridized carbons (Fsp3) is 0.538. The highest BCUT2D eigenvalue weighted by Crippen LogP contribution is 2.39. The Balaban J connectivity index is 1.41. The van der Waals surface area contributed by atoms with Crippen molar-refractivity contribution in [1.82, 2.24) is 15.2 Å². The molecular weight excluding hydrogens is 505 g/mol. The van der Waals surface area contributed by atoms with Crippen molar-refractivity contribution in [2.45, 2.75) is 64.7 Å². The number of fused-ring (bicyclic) bond motifs is 1. The lowest BCUT2D eigenvalue weighted by Crippen LogP contribution is -2.49. The van der Waals surface area contributed by atoms with Gasteiger partial charge in [0, 0.05) is 49.7 Å². The van der Waals surface area contributed by atoms with Crippen LogP contribution in [-0.2, 0) is 16.0 Å². The van der Waals surface area contributed by atoms with Gasteiger partial charge in [-0.15, -0.1) is 13.2 Å². The van der Waals surface area contributed by atoms with Gasteiger partial charge >= 0.3 is 6.36 Å². The number of β-amino-alcohol motifs (C(OH)–C–C–N with tert-alkyl or cyclic N) is 1. The normalized spacial score (nSPS) is 22.6. The van der Waals surface area contributed by atoms with Gasteiger partial charge < -0.3 is 30.2 Å². The molecule has 2 aliphatic heterocycles. The first-order chi connectivity index (χ1) is 17.8. The molecule has 0 aliphatic carbocycles. The summed E-state index contributed by atoms with van der Waals surface area (Å²) in [5.41, 5.74) is 3.08. The second kappa shape index (κ2) is 11.0. The first-order valence-electron chi connectivity index (χ1n) is 12.5. The summed E-state index contributed by atoms with van der Waals surface area (Å²) in [5.74, 6) is -1.87. The number of halogens is 3. The number of aromatic amines is 1. The van der Waals surface area contributed by atoms with Gasteiger partial charge in [0.2, 0.25) is 5.91 Å². The first-order valence-corrected chi connectivity index (χ1v) is 12.5. The highest BCUT2D eigenvalue weighted by molar-refractivity contribution is 6.03. The van der Waals surface area contributed by atoms with Crippen molar-refractivity contribution in [2.24, 2.45) is 0 Å². The predicted octanol–water partition coefficient (Wildman–Crippen LogP) is 3.01. The average molecular weight is 539 g/mol. The number of carbonyl (C=O) groups is 2. The lowest BCUT2D eigenvalue weighted by atomic mass is 9.93. The van der Waals surface area contributed by atoms with Gasteiger partial charge in [-0.25, -0.2) is 0 Å². The number of nitrogens with zero attached hydrogens (tertiary/aromatic N) is 1. The van der Waals surface area contributed by atoms with E-state index in [-0.39, 0.29) is 37.0 Å². The van der Waals surface area contributed by atoms with E-state index in [4.69, 9.17) is 4.74 Å². The third-order valence-electron chi connectivity index (χ3n) is 6.85. The summed E-state index contributed by atoms with van der Waals surface area (Å²) >= 11 is 0. The number of benzene rings is 1. The fourth-order valence-electron chi connectivity index (χ4n) is 5.36. The maximum Gasteiger partial charge on any atom is 0.573 e. The molecule has 3 heterocycles. The molecule has 3 unspecified atom stereocenters. The first kappa shape index (κ1) is 27.9. The van der Waals surface area contributed by atoms with Crippen LogP contribution in [0.5, 0.6) is 5.75 Å². The van der Waals surface area contributed by atoms with Crippen molar-refractivity contribution in [3.8, 4) is 5.75 Å². The van der Waals surface area contributed by atoms with Crippen LogP contribution >= 0.6 is 0 Å². The van der Waals surface area contributed by atoms with Gasteiger partial charge in [0.15, 0.2) is 0 Å². The minimum atomic E-state index is -4.85. The number of aliphatic hydroxyl groups is 1. The molecule has 0 saturated carbocycles. The van der Waals surface area contributed by atoms with Crippen LogP contribution in [0.4, 0.5) is 18.9 Å². The minimum absolute atomic E-state index is 0.0682. The Hall–Kier alpha value is -3.09. The van der Waals surface area contributed by atoms with Gasteiger partial charge in [-0.1, -0.05) is 0 Å². The third-order valence-corrected chi connectivity index (χ3v) is 6.85. The van der Waals surface area contributed by atoms with E-state index in [1.165, 1.54) is 12.1 Å². The van der Waals surface area contributed by atoms with Gasteiger partial charge in [-0.2, -0.15) is 0 Å². The summed E-state index contributed by atoms with van der Waals surface area (Å²) in [6.45, 7) is 9.33. The number of nitrogens with one attached hydrogen (secondary N) is 3. The molecule has 1 aromatic heterocycles. The molecule has 12 heteroatoms. The molecule has 0 radical (unpaired) electrons. The van der Waals surface area contributed by atoms with Gasteiger partial charge in [-0.3, -0.25) is 14.5 Å². The highest BCUT2D eigenvalue weighted by Gasteiger charge is 2.35. The largest absolute Gasteiger partial charge is 0.573 e. The summed E-state index contributed by atoms with van der Waals surface area (Å²) in [6, 6.07) is 3.74. The van der Waals surface area contributed by atoms with Crippen LogP contribution in [0.2, 0.25) is 0 Å². The number of hydrogen-bond acceptors (Lipinski definition) is 6. The second-order valence-corrected chi connectivity index (χ2v) is 10.1. The number of hydrogen-bond donors (Lipinski definition) is 4. The topological polar surface area (TPSA) is 116 Å². The number of ether oxygens (including phenoxy) is 2. The van der Waals surface area contributed by atoms with E-state index in [1.807, 2.05) is 13.8 Å². The zero-order valence-electron chi connectivity index (χ0n) is 21.7. The number of carbonyl (C=O) groups excluding carboxylic acids is 2. The summed E-state index contributed by atoms with van der Waals surface area (Å²) in [4.78, 5) is 30.9. The van der Waals surface area contributed by atoms with Crippen LogP contribution in [-0.4, -0.2) is 77.7 Å². The van der Waals surface area contributed by atoms with Crippen LogP contribution < -0.4 is 15.4 Å². The molecule has 38 heavy (non-hydrogen) atoms. The maximum atomic E-state index is 13.0. The molecule has 208 valence electrons. The van der Waals surface area contributed by atoms with Crippen molar-refractivity contribution in [1.29, 1.82) is 0 Å². The van der Waals surface area contributed by atoms with E-state index in [2.05, 4.69) is 25.3 Å². The molecule has 1 saturated heterocycles. The van der Waals surface area contributed by atoms with Crippen molar-refractivity contribution in [3.05, 3.63) is 46.3 Å². The lowest BCUT2D eigenvalue weighted by molar-refractivity contribution is -0.274. The van der Waals surface area contributed by atoms with E-state index in [0.29, 0.717) is 53.4 Å². The van der Waals surface area contributed by atoms with Crippen molar-refractivity contribution in [2.75, 3.05) is 31.5 Å². The molecule has 1 aromatic carbocycles. The quantitative estimate of drug-likeness (QED) is 0.411. The Kier molecular flexibility index (Phi) is 8.05. The van der Waals surface area contributed by atoms with Crippen LogP contribution in [0.1, 0.15) is 52.6 Å². The second-order valence-electron chi connectivity index (χ2n) is 10.1. The molecule has 2 aliphatic rings. The summed E-state index contributed by atoms with van der Waals surface area (Å²) < 4.78 is 47.8. The number of morpholine rings is 1. The molecule has 4 rings (SSSR count). The fourth-order valence-corrected chi connectivity index (χ4v) is 5.36. The van der Waals surface area contributed by atoms with Gasteiger partial charge in [-0.05, 0) is 57.0 Å². The van der Waals surface area contributed by atoms with Crippen molar-refractivity contribution in [3.63, 3.8) is 0 Å². The summed E-state index contributed by atoms with van der Waals surface area (Å²) in [5, 5.41) is 16.0. The molecule has 0 bridgehead atoms. The van der Waals surface area contributed by atoms with Gasteiger partial charge in [0.1, 0.15) is 5.75 Å². The zero-order valence-corrected chi connectivity index (χ0v) is 21.7.